The summed E-state index contributed by atoms with van der Waals surface area (Å²) in [5.74, 6) is -3.35. The first-order valence-electron chi connectivity index (χ1n) is 11.4. The van der Waals surface area contributed by atoms with Crippen LogP contribution in [0, 0.1) is 11.6 Å². The number of hydrogen-bond acceptors (Lipinski definition) is 4. The Balaban J connectivity index is 1.56. The van der Waals surface area contributed by atoms with E-state index < -0.39 is 46.8 Å². The SMILES string of the molecule is O=C(Nc1cc(OC[C@@H]2CCO2)cc2c1[C@H](c1cc(F)ccc1Cl)NC2=O)c1cc(F)cc(C(F)(F)F)c1. The molecule has 2 amide bonds. The highest BCUT2D eigenvalue weighted by molar-refractivity contribution is 6.31. The number of ether oxygens (including phenoxy) is 2. The molecule has 2 heterocycles. The standard InChI is InChI=1S/C26H18ClF5N2O4/c27-20-2-1-14(28)8-18(20)23-22-19(25(36)34-23)9-17(38-11-16-3-4-37-16)10-21(22)33-24(35)12-5-13(26(30,31)32)7-15(29)6-12/h1-2,5-10,16,23H,3-4,11H2,(H,33,35)(H,34,36)/t16-,23-/m0/s1. The number of nitrogens with one attached hydrogen (secondary N) is 2. The molecule has 2 atom stereocenters. The molecule has 3 aromatic rings. The van der Waals surface area contributed by atoms with Crippen LogP contribution in [-0.4, -0.2) is 31.1 Å². The molecule has 0 bridgehead atoms. The van der Waals surface area contributed by atoms with Gasteiger partial charge in [-0.15, -0.1) is 0 Å². The van der Waals surface area contributed by atoms with Gasteiger partial charge in [0, 0.05) is 40.8 Å². The van der Waals surface area contributed by atoms with E-state index in [1.54, 1.807) is 0 Å². The van der Waals surface area contributed by atoms with E-state index in [0.29, 0.717) is 18.7 Å². The molecule has 6 nitrogen and oxygen atoms in total. The minimum atomic E-state index is -4.88. The summed E-state index contributed by atoms with van der Waals surface area (Å²) in [5, 5.41) is 5.27. The molecule has 198 valence electrons. The van der Waals surface area contributed by atoms with Gasteiger partial charge in [-0.1, -0.05) is 11.6 Å². The smallest absolute Gasteiger partial charge is 0.416 e. The number of hydrogen-bond donors (Lipinski definition) is 2. The third-order valence-corrected chi connectivity index (χ3v) is 6.54. The lowest BCUT2D eigenvalue weighted by Gasteiger charge is -2.26. The molecule has 2 N–H and O–H groups in total. The van der Waals surface area contributed by atoms with Crippen LogP contribution in [0.5, 0.6) is 5.75 Å². The second-order valence-corrected chi connectivity index (χ2v) is 9.18. The van der Waals surface area contributed by atoms with Crippen molar-refractivity contribution >= 4 is 29.1 Å². The summed E-state index contributed by atoms with van der Waals surface area (Å²) in [6.07, 6.45) is -4.26. The average Bonchev–Trinajstić information content (AvgIpc) is 3.15. The predicted molar refractivity (Wildman–Crippen MR) is 126 cm³/mol. The van der Waals surface area contributed by atoms with Crippen LogP contribution < -0.4 is 15.4 Å². The van der Waals surface area contributed by atoms with E-state index >= 15 is 0 Å². The fourth-order valence-electron chi connectivity index (χ4n) is 4.25. The topological polar surface area (TPSA) is 76.7 Å². The first-order chi connectivity index (χ1) is 18.0. The zero-order valence-corrected chi connectivity index (χ0v) is 20.1. The highest BCUT2D eigenvalue weighted by atomic mass is 35.5. The van der Waals surface area contributed by atoms with Gasteiger partial charge in [0.2, 0.25) is 0 Å². The van der Waals surface area contributed by atoms with E-state index in [0.717, 1.165) is 18.6 Å². The molecule has 0 radical (unpaired) electrons. The number of carbonyl (C=O) groups excluding carboxylic acids is 2. The van der Waals surface area contributed by atoms with E-state index in [1.807, 2.05) is 0 Å². The minimum Gasteiger partial charge on any atom is -0.491 e. The first kappa shape index (κ1) is 25.9. The maximum atomic E-state index is 14.1. The Bertz CT molecular complexity index is 1440. The summed E-state index contributed by atoms with van der Waals surface area (Å²) in [7, 11) is 0. The molecular weight excluding hydrogens is 535 g/mol. The first-order valence-corrected chi connectivity index (χ1v) is 11.7. The van der Waals surface area contributed by atoms with Crippen molar-refractivity contribution < 1.29 is 41.0 Å². The lowest BCUT2D eigenvalue weighted by molar-refractivity contribution is -0.137. The van der Waals surface area contributed by atoms with Gasteiger partial charge in [0.05, 0.1) is 29.0 Å². The second kappa shape index (κ2) is 9.88. The molecule has 38 heavy (non-hydrogen) atoms. The van der Waals surface area contributed by atoms with Crippen LogP contribution in [0.15, 0.2) is 48.5 Å². The summed E-state index contributed by atoms with van der Waals surface area (Å²) in [5.41, 5.74) is -1.50. The van der Waals surface area contributed by atoms with Crippen LogP contribution in [0.1, 0.15) is 49.9 Å². The van der Waals surface area contributed by atoms with Gasteiger partial charge in [0.15, 0.2) is 0 Å². The maximum absolute atomic E-state index is 14.1. The molecule has 0 aliphatic carbocycles. The highest BCUT2D eigenvalue weighted by Crippen LogP contribution is 2.42. The normalized spacial score (nSPS) is 18.4. The van der Waals surface area contributed by atoms with Crippen LogP contribution in [-0.2, 0) is 10.9 Å². The van der Waals surface area contributed by atoms with E-state index in [-0.39, 0.29) is 51.9 Å². The molecule has 0 spiro atoms. The van der Waals surface area contributed by atoms with Crippen molar-refractivity contribution in [3.8, 4) is 5.75 Å². The Hall–Kier alpha value is -3.70. The molecule has 1 saturated heterocycles. The molecule has 0 unspecified atom stereocenters. The number of fused-ring (bicyclic) bond motifs is 1. The number of alkyl halides is 3. The van der Waals surface area contributed by atoms with Gasteiger partial charge in [-0.05, 0) is 42.5 Å². The number of anilines is 1. The van der Waals surface area contributed by atoms with Crippen molar-refractivity contribution in [1.82, 2.24) is 5.32 Å². The van der Waals surface area contributed by atoms with Crippen LogP contribution in [0.4, 0.5) is 27.6 Å². The number of amides is 2. The molecular formula is C26H18ClF5N2O4. The Morgan fingerprint density at radius 2 is 1.87 bits per heavy atom. The number of halogens is 6. The van der Waals surface area contributed by atoms with Crippen molar-refractivity contribution in [2.45, 2.75) is 24.7 Å². The van der Waals surface area contributed by atoms with E-state index in [1.165, 1.54) is 18.2 Å². The van der Waals surface area contributed by atoms with Gasteiger partial charge in [-0.3, -0.25) is 9.59 Å². The Morgan fingerprint density at radius 3 is 2.55 bits per heavy atom. The zero-order valence-electron chi connectivity index (χ0n) is 19.3. The van der Waals surface area contributed by atoms with Crippen molar-refractivity contribution in [3.05, 3.63) is 93.0 Å². The summed E-state index contributed by atoms with van der Waals surface area (Å²) in [6, 6.07) is 6.80. The van der Waals surface area contributed by atoms with Crippen molar-refractivity contribution in [3.63, 3.8) is 0 Å². The molecule has 2 aliphatic heterocycles. The third-order valence-electron chi connectivity index (χ3n) is 6.20. The van der Waals surface area contributed by atoms with E-state index in [2.05, 4.69) is 10.6 Å². The fraction of sp³-hybridized carbons (Fsp3) is 0.231. The van der Waals surface area contributed by atoms with Gasteiger partial charge in [-0.2, -0.15) is 13.2 Å². The van der Waals surface area contributed by atoms with Gasteiger partial charge in [0.1, 0.15) is 24.0 Å². The molecule has 1 fully saturated rings. The quantitative estimate of drug-likeness (QED) is 0.374. The molecule has 3 aromatic carbocycles. The average molecular weight is 553 g/mol. The zero-order chi connectivity index (χ0) is 27.2. The van der Waals surface area contributed by atoms with Crippen molar-refractivity contribution in [2.24, 2.45) is 0 Å². The van der Waals surface area contributed by atoms with Gasteiger partial charge in [0.25, 0.3) is 11.8 Å². The van der Waals surface area contributed by atoms with Gasteiger partial charge in [-0.25, -0.2) is 8.78 Å². The number of rotatable bonds is 6. The van der Waals surface area contributed by atoms with Crippen LogP contribution in [0.2, 0.25) is 5.02 Å². The molecule has 2 aliphatic rings. The van der Waals surface area contributed by atoms with Crippen molar-refractivity contribution in [1.29, 1.82) is 0 Å². The molecule has 0 saturated carbocycles. The maximum Gasteiger partial charge on any atom is 0.416 e. The monoisotopic (exact) mass is 552 g/mol. The Morgan fingerprint density at radius 1 is 1.11 bits per heavy atom. The fourth-order valence-corrected chi connectivity index (χ4v) is 4.47. The Labute approximate surface area is 217 Å². The van der Waals surface area contributed by atoms with Gasteiger partial charge < -0.3 is 20.1 Å². The number of carbonyl (C=O) groups is 2. The van der Waals surface area contributed by atoms with Crippen LogP contribution in [0.3, 0.4) is 0 Å². The minimum absolute atomic E-state index is 0.0153. The summed E-state index contributed by atoms with van der Waals surface area (Å²) < 4.78 is 78.6. The van der Waals surface area contributed by atoms with Crippen LogP contribution in [0.25, 0.3) is 0 Å². The summed E-state index contributed by atoms with van der Waals surface area (Å²) in [6.45, 7) is 0.747. The lowest BCUT2D eigenvalue weighted by Crippen LogP contribution is -2.32. The van der Waals surface area contributed by atoms with Gasteiger partial charge >= 0.3 is 6.18 Å². The predicted octanol–water partition coefficient (Wildman–Crippen LogP) is 5.89. The van der Waals surface area contributed by atoms with E-state index in [4.69, 9.17) is 21.1 Å². The van der Waals surface area contributed by atoms with Crippen molar-refractivity contribution in [2.75, 3.05) is 18.5 Å². The van der Waals surface area contributed by atoms with E-state index in [9.17, 15) is 31.5 Å². The summed E-state index contributed by atoms with van der Waals surface area (Å²) in [4.78, 5) is 25.9. The summed E-state index contributed by atoms with van der Waals surface area (Å²) >= 11 is 6.27. The molecule has 0 aromatic heterocycles. The largest absolute Gasteiger partial charge is 0.491 e. The molecule has 12 heteroatoms. The lowest BCUT2D eigenvalue weighted by atomic mass is 9.95. The van der Waals surface area contributed by atoms with Crippen LogP contribution >= 0.6 is 11.6 Å². The third kappa shape index (κ3) is 5.16. The highest BCUT2D eigenvalue weighted by Gasteiger charge is 2.36. The second-order valence-electron chi connectivity index (χ2n) is 8.78. The number of benzene rings is 3. The Kier molecular flexibility index (Phi) is 6.74. The molecule has 5 rings (SSSR count).